The van der Waals surface area contributed by atoms with E-state index < -0.39 is 0 Å². The van der Waals surface area contributed by atoms with E-state index in [1.165, 1.54) is 4.90 Å². The highest BCUT2D eigenvalue weighted by molar-refractivity contribution is 8.18. The number of carbonyl (C=O) groups is 3. The number of ether oxygens (including phenoxy) is 1. The molecule has 4 rings (SSSR count). The van der Waals surface area contributed by atoms with Gasteiger partial charge in [0, 0.05) is 41.8 Å². The van der Waals surface area contributed by atoms with Crippen molar-refractivity contribution in [3.8, 4) is 0 Å². The SMILES string of the molecule is CC(C)N1C(=O)SC(=Cc2cn(CC(=O)N3CCOCC3)c3ccccc23)C1=O. The van der Waals surface area contributed by atoms with Crippen LogP contribution < -0.4 is 0 Å². The van der Waals surface area contributed by atoms with Crippen molar-refractivity contribution in [1.82, 2.24) is 14.4 Å². The number of rotatable bonds is 4. The molecule has 29 heavy (non-hydrogen) atoms. The molecular formula is C21H23N3O4S. The maximum Gasteiger partial charge on any atom is 0.293 e. The van der Waals surface area contributed by atoms with Crippen LogP contribution in [0.3, 0.4) is 0 Å². The van der Waals surface area contributed by atoms with Gasteiger partial charge in [-0.3, -0.25) is 19.3 Å². The largest absolute Gasteiger partial charge is 0.378 e. The highest BCUT2D eigenvalue weighted by Gasteiger charge is 2.36. The van der Waals surface area contributed by atoms with Crippen molar-refractivity contribution >= 4 is 45.8 Å². The summed E-state index contributed by atoms with van der Waals surface area (Å²) in [6.45, 7) is 6.21. The maximum absolute atomic E-state index is 12.7. The fourth-order valence-electron chi connectivity index (χ4n) is 3.65. The zero-order valence-electron chi connectivity index (χ0n) is 16.5. The Balaban J connectivity index is 1.65. The Bertz CT molecular complexity index is 1000. The van der Waals surface area contributed by atoms with E-state index in [0.717, 1.165) is 28.2 Å². The summed E-state index contributed by atoms with van der Waals surface area (Å²) in [5.74, 6) is -0.225. The number of imide groups is 1. The Labute approximate surface area is 173 Å². The minimum Gasteiger partial charge on any atom is -0.378 e. The van der Waals surface area contributed by atoms with Crippen molar-refractivity contribution in [2.45, 2.75) is 26.4 Å². The molecule has 0 unspecified atom stereocenters. The summed E-state index contributed by atoms with van der Waals surface area (Å²) in [5, 5.41) is 0.695. The van der Waals surface area contributed by atoms with Gasteiger partial charge < -0.3 is 14.2 Å². The first-order valence-corrected chi connectivity index (χ1v) is 10.5. The third-order valence-electron chi connectivity index (χ3n) is 5.12. The first-order chi connectivity index (χ1) is 14.0. The predicted octanol–water partition coefficient (Wildman–Crippen LogP) is 2.94. The smallest absolute Gasteiger partial charge is 0.293 e. The number of para-hydroxylation sites is 1. The first-order valence-electron chi connectivity index (χ1n) is 9.66. The Morgan fingerprint density at radius 2 is 1.93 bits per heavy atom. The van der Waals surface area contributed by atoms with Gasteiger partial charge in [-0.15, -0.1) is 0 Å². The summed E-state index contributed by atoms with van der Waals surface area (Å²) in [6.07, 6.45) is 3.64. The zero-order chi connectivity index (χ0) is 20.5. The molecule has 152 valence electrons. The second kappa shape index (κ2) is 8.04. The van der Waals surface area contributed by atoms with Crippen LogP contribution in [-0.2, 0) is 20.9 Å². The van der Waals surface area contributed by atoms with Gasteiger partial charge in [0.1, 0.15) is 6.54 Å². The molecule has 7 nitrogen and oxygen atoms in total. The Morgan fingerprint density at radius 3 is 2.62 bits per heavy atom. The molecule has 0 radical (unpaired) electrons. The molecule has 0 aliphatic carbocycles. The molecule has 2 aliphatic rings. The number of nitrogens with zero attached hydrogens (tertiary/aromatic N) is 3. The average Bonchev–Trinajstić information content (AvgIpc) is 3.19. The molecular weight excluding hydrogens is 390 g/mol. The van der Waals surface area contributed by atoms with Crippen LogP contribution in [-0.4, -0.2) is 63.8 Å². The summed E-state index contributed by atoms with van der Waals surface area (Å²) < 4.78 is 7.23. The molecule has 0 N–H and O–H groups in total. The van der Waals surface area contributed by atoms with Gasteiger partial charge >= 0.3 is 0 Å². The minimum atomic E-state index is -0.267. The van der Waals surface area contributed by atoms with E-state index in [2.05, 4.69) is 0 Å². The summed E-state index contributed by atoms with van der Waals surface area (Å²) in [7, 11) is 0. The molecule has 3 heterocycles. The number of hydrogen-bond acceptors (Lipinski definition) is 5. The monoisotopic (exact) mass is 413 g/mol. The quantitative estimate of drug-likeness (QED) is 0.721. The molecule has 8 heteroatoms. The van der Waals surface area contributed by atoms with Crippen molar-refractivity contribution in [1.29, 1.82) is 0 Å². The van der Waals surface area contributed by atoms with E-state index in [1.807, 2.05) is 53.8 Å². The van der Waals surface area contributed by atoms with Crippen molar-refractivity contribution in [2.24, 2.45) is 0 Å². The Kier molecular flexibility index (Phi) is 5.47. The van der Waals surface area contributed by atoms with Gasteiger partial charge in [0.25, 0.3) is 11.1 Å². The number of benzene rings is 1. The number of hydrogen-bond donors (Lipinski definition) is 0. The number of morpholine rings is 1. The van der Waals surface area contributed by atoms with Gasteiger partial charge in [-0.2, -0.15) is 0 Å². The van der Waals surface area contributed by atoms with Gasteiger partial charge in [-0.05, 0) is 37.8 Å². The second-order valence-corrected chi connectivity index (χ2v) is 8.36. The topological polar surface area (TPSA) is 71.8 Å². The lowest BCUT2D eigenvalue weighted by atomic mass is 10.1. The lowest BCUT2D eigenvalue weighted by Gasteiger charge is -2.27. The molecule has 0 bridgehead atoms. The standard InChI is InChI=1S/C21H23N3O4S/c1-14(2)24-20(26)18(29-21(24)27)11-15-12-23(17-6-4-3-5-16(15)17)13-19(25)22-7-9-28-10-8-22/h3-6,11-12,14H,7-10,13H2,1-2H3. The van der Waals surface area contributed by atoms with Crippen molar-refractivity contribution in [3.63, 3.8) is 0 Å². The van der Waals surface area contributed by atoms with Gasteiger partial charge in [-0.1, -0.05) is 18.2 Å². The molecule has 2 fully saturated rings. The first kappa shape index (κ1) is 19.7. The van der Waals surface area contributed by atoms with Crippen molar-refractivity contribution in [2.75, 3.05) is 26.3 Å². The lowest BCUT2D eigenvalue weighted by Crippen LogP contribution is -2.42. The van der Waals surface area contributed by atoms with Crippen LogP contribution in [0.5, 0.6) is 0 Å². The van der Waals surface area contributed by atoms with Gasteiger partial charge in [-0.25, -0.2) is 0 Å². The highest BCUT2D eigenvalue weighted by atomic mass is 32.2. The van der Waals surface area contributed by atoms with Crippen molar-refractivity contribution in [3.05, 3.63) is 40.9 Å². The maximum atomic E-state index is 12.7. The van der Waals surface area contributed by atoms with Crippen molar-refractivity contribution < 1.29 is 19.1 Å². The molecule has 3 amide bonds. The summed E-state index contributed by atoms with van der Waals surface area (Å²) >= 11 is 0.960. The number of carbonyl (C=O) groups excluding carboxylic acids is 3. The third-order valence-corrected chi connectivity index (χ3v) is 6.00. The van der Waals surface area contributed by atoms with Crippen LogP contribution in [0.15, 0.2) is 35.4 Å². The van der Waals surface area contributed by atoms with Crippen LogP contribution in [0.2, 0.25) is 0 Å². The van der Waals surface area contributed by atoms with Crippen LogP contribution in [0.1, 0.15) is 19.4 Å². The Morgan fingerprint density at radius 1 is 1.21 bits per heavy atom. The van der Waals surface area contributed by atoms with E-state index in [1.54, 1.807) is 6.08 Å². The second-order valence-electron chi connectivity index (χ2n) is 7.37. The summed E-state index contributed by atoms with van der Waals surface area (Å²) in [4.78, 5) is 41.0. The molecule has 0 saturated carbocycles. The number of fused-ring (bicyclic) bond motifs is 1. The van der Waals surface area contributed by atoms with E-state index in [-0.39, 0.29) is 29.6 Å². The number of thioether (sulfide) groups is 1. The Hall–Kier alpha value is -2.58. The van der Waals surface area contributed by atoms with Gasteiger partial charge in [0.05, 0.1) is 18.1 Å². The van der Waals surface area contributed by atoms with E-state index in [9.17, 15) is 14.4 Å². The predicted molar refractivity (Wildman–Crippen MR) is 112 cm³/mol. The fraction of sp³-hybridized carbons (Fsp3) is 0.381. The van der Waals surface area contributed by atoms with E-state index >= 15 is 0 Å². The minimum absolute atomic E-state index is 0.0423. The highest BCUT2D eigenvalue weighted by Crippen LogP contribution is 2.35. The molecule has 2 saturated heterocycles. The molecule has 0 spiro atoms. The lowest BCUT2D eigenvalue weighted by molar-refractivity contribution is -0.135. The third kappa shape index (κ3) is 3.82. The summed E-state index contributed by atoms with van der Waals surface area (Å²) in [6, 6.07) is 7.59. The molecule has 2 aliphatic heterocycles. The number of amides is 3. The zero-order valence-corrected chi connectivity index (χ0v) is 17.3. The summed E-state index contributed by atoms with van der Waals surface area (Å²) in [5.41, 5.74) is 1.74. The van der Waals surface area contributed by atoms with Gasteiger partial charge in [0.2, 0.25) is 5.91 Å². The molecule has 0 atom stereocenters. The van der Waals surface area contributed by atoms with Crippen LogP contribution in [0, 0.1) is 0 Å². The van der Waals surface area contributed by atoms with E-state index in [4.69, 9.17) is 4.74 Å². The molecule has 1 aromatic carbocycles. The number of aromatic nitrogens is 1. The average molecular weight is 413 g/mol. The van der Waals surface area contributed by atoms with E-state index in [0.29, 0.717) is 31.2 Å². The van der Waals surface area contributed by atoms with Crippen LogP contribution in [0.4, 0.5) is 4.79 Å². The molecule has 2 aromatic rings. The van der Waals surface area contributed by atoms with Crippen LogP contribution in [0.25, 0.3) is 17.0 Å². The van der Waals surface area contributed by atoms with Crippen LogP contribution >= 0.6 is 11.8 Å². The van der Waals surface area contributed by atoms with Gasteiger partial charge in [0.15, 0.2) is 0 Å². The normalized spacial score (nSPS) is 19.2. The fourth-order valence-corrected chi connectivity index (χ4v) is 4.60. The molecule has 1 aromatic heterocycles.